The summed E-state index contributed by atoms with van der Waals surface area (Å²) >= 11 is 0. The van der Waals surface area contributed by atoms with E-state index in [1.54, 1.807) is 0 Å². The minimum absolute atomic E-state index is 0.0937. The molecule has 5 nitrogen and oxygen atoms in total. The summed E-state index contributed by atoms with van der Waals surface area (Å²) in [5, 5.41) is 13.4. The van der Waals surface area contributed by atoms with Crippen molar-refractivity contribution in [2.24, 2.45) is 11.8 Å². The number of hydrogen-bond acceptors (Lipinski definition) is 4. The van der Waals surface area contributed by atoms with E-state index >= 15 is 0 Å². The quantitative estimate of drug-likeness (QED) is 0.904. The van der Waals surface area contributed by atoms with Crippen LogP contribution in [0.2, 0.25) is 0 Å². The van der Waals surface area contributed by atoms with Gasteiger partial charge in [-0.3, -0.25) is 4.79 Å². The first kappa shape index (κ1) is 12.6. The van der Waals surface area contributed by atoms with Gasteiger partial charge in [-0.15, -0.1) is 0 Å². The van der Waals surface area contributed by atoms with Crippen molar-refractivity contribution >= 4 is 5.97 Å². The predicted molar refractivity (Wildman–Crippen MR) is 67.8 cm³/mol. The molecule has 2 fully saturated rings. The summed E-state index contributed by atoms with van der Waals surface area (Å²) in [4.78, 5) is 15.8. The zero-order chi connectivity index (χ0) is 13.4. The molecule has 0 spiro atoms. The van der Waals surface area contributed by atoms with Gasteiger partial charge < -0.3 is 9.63 Å². The van der Waals surface area contributed by atoms with Crippen LogP contribution >= 0.6 is 0 Å². The molecule has 1 heterocycles. The Labute approximate surface area is 112 Å². The van der Waals surface area contributed by atoms with Crippen molar-refractivity contribution in [2.75, 3.05) is 0 Å². The van der Waals surface area contributed by atoms with Gasteiger partial charge in [0.2, 0.25) is 5.89 Å². The second-order valence-electron chi connectivity index (χ2n) is 5.92. The van der Waals surface area contributed by atoms with E-state index in [0.717, 1.165) is 37.9 Å². The minimum Gasteiger partial charge on any atom is -0.481 e. The molecular weight excluding hydrogens is 244 g/mol. The highest BCUT2D eigenvalue weighted by molar-refractivity contribution is 5.71. The van der Waals surface area contributed by atoms with E-state index in [1.807, 2.05) is 0 Å². The highest BCUT2D eigenvalue weighted by atomic mass is 16.5. The number of aliphatic carboxylic acids is 1. The number of carboxylic acid groups (broad SMARTS) is 1. The van der Waals surface area contributed by atoms with Gasteiger partial charge in [0.15, 0.2) is 5.82 Å². The zero-order valence-electron chi connectivity index (χ0n) is 11.2. The van der Waals surface area contributed by atoms with Crippen LogP contribution in [0, 0.1) is 11.8 Å². The van der Waals surface area contributed by atoms with Gasteiger partial charge in [-0.05, 0) is 31.6 Å². The van der Waals surface area contributed by atoms with Gasteiger partial charge >= 0.3 is 5.97 Å². The Morgan fingerprint density at radius 3 is 2.79 bits per heavy atom. The van der Waals surface area contributed by atoms with Crippen LogP contribution in [0.25, 0.3) is 0 Å². The van der Waals surface area contributed by atoms with Crippen LogP contribution in [0.4, 0.5) is 0 Å². The Kier molecular flexibility index (Phi) is 3.29. The fourth-order valence-electron chi connectivity index (χ4n) is 3.25. The lowest BCUT2D eigenvalue weighted by atomic mass is 9.85. The molecule has 0 amide bonds. The van der Waals surface area contributed by atoms with Crippen molar-refractivity contribution in [1.82, 2.24) is 10.1 Å². The Morgan fingerprint density at radius 2 is 2.21 bits per heavy atom. The standard InChI is InChI=1S/C14H20N2O3/c1-2-8-6-10(11(7-8)14(17)18)13-15-12(16-19-13)9-4-3-5-9/h8-11H,2-7H2,1H3,(H,17,18). The van der Waals surface area contributed by atoms with Crippen LogP contribution in [0.3, 0.4) is 0 Å². The van der Waals surface area contributed by atoms with E-state index in [1.165, 1.54) is 6.42 Å². The van der Waals surface area contributed by atoms with E-state index in [4.69, 9.17) is 4.52 Å². The monoisotopic (exact) mass is 264 g/mol. The van der Waals surface area contributed by atoms with E-state index in [9.17, 15) is 9.90 Å². The number of rotatable bonds is 4. The molecule has 0 aromatic carbocycles. The largest absolute Gasteiger partial charge is 0.481 e. The molecule has 0 radical (unpaired) electrons. The summed E-state index contributed by atoms with van der Waals surface area (Å²) in [6.07, 6.45) is 6.10. The molecule has 2 aliphatic rings. The van der Waals surface area contributed by atoms with Crippen molar-refractivity contribution in [3.8, 4) is 0 Å². The second-order valence-corrected chi connectivity index (χ2v) is 5.92. The molecule has 5 heteroatoms. The van der Waals surface area contributed by atoms with Crippen LogP contribution in [-0.4, -0.2) is 21.2 Å². The smallest absolute Gasteiger partial charge is 0.307 e. The van der Waals surface area contributed by atoms with Crippen LogP contribution in [0.15, 0.2) is 4.52 Å². The van der Waals surface area contributed by atoms with Crippen molar-refractivity contribution in [1.29, 1.82) is 0 Å². The molecule has 0 bridgehead atoms. The first-order chi connectivity index (χ1) is 9.19. The maximum atomic E-state index is 11.4. The van der Waals surface area contributed by atoms with E-state index in [-0.39, 0.29) is 11.8 Å². The zero-order valence-corrected chi connectivity index (χ0v) is 11.2. The molecule has 19 heavy (non-hydrogen) atoms. The molecule has 3 rings (SSSR count). The predicted octanol–water partition coefficient (Wildman–Crippen LogP) is 2.94. The van der Waals surface area contributed by atoms with Gasteiger partial charge in [0, 0.05) is 5.92 Å². The first-order valence-electron chi connectivity index (χ1n) is 7.25. The minimum atomic E-state index is -0.732. The second kappa shape index (κ2) is 4.94. The Hall–Kier alpha value is -1.39. The van der Waals surface area contributed by atoms with Crippen LogP contribution in [0.5, 0.6) is 0 Å². The van der Waals surface area contributed by atoms with Crippen LogP contribution < -0.4 is 0 Å². The van der Waals surface area contributed by atoms with E-state index in [0.29, 0.717) is 17.7 Å². The summed E-state index contributed by atoms with van der Waals surface area (Å²) in [6, 6.07) is 0. The Morgan fingerprint density at radius 1 is 1.42 bits per heavy atom. The number of carboxylic acids is 1. The van der Waals surface area contributed by atoms with Crippen LogP contribution in [0.1, 0.15) is 69.0 Å². The molecule has 104 valence electrons. The number of hydrogen-bond donors (Lipinski definition) is 1. The number of nitrogens with zero attached hydrogens (tertiary/aromatic N) is 2. The summed E-state index contributed by atoms with van der Waals surface area (Å²) in [7, 11) is 0. The normalized spacial score (nSPS) is 31.3. The molecule has 3 unspecified atom stereocenters. The third-order valence-electron chi connectivity index (χ3n) is 4.80. The molecule has 2 aliphatic carbocycles. The van der Waals surface area contributed by atoms with Crippen molar-refractivity contribution in [3.05, 3.63) is 11.7 Å². The SMILES string of the molecule is CCC1CC(C(=O)O)C(c2nc(C3CCC3)no2)C1. The van der Waals surface area contributed by atoms with Gasteiger partial charge in [-0.2, -0.15) is 4.98 Å². The fourth-order valence-corrected chi connectivity index (χ4v) is 3.25. The number of aromatic nitrogens is 2. The number of carbonyl (C=O) groups is 1. The summed E-state index contributed by atoms with van der Waals surface area (Å²) in [5.41, 5.74) is 0. The van der Waals surface area contributed by atoms with Crippen LogP contribution in [-0.2, 0) is 4.79 Å². The third kappa shape index (κ3) is 2.26. The Balaban J connectivity index is 1.79. The maximum absolute atomic E-state index is 11.4. The van der Waals surface area contributed by atoms with E-state index in [2.05, 4.69) is 17.1 Å². The molecule has 1 N–H and O–H groups in total. The van der Waals surface area contributed by atoms with Crippen molar-refractivity contribution in [2.45, 2.75) is 57.3 Å². The molecule has 1 aromatic heterocycles. The molecule has 1 aromatic rings. The maximum Gasteiger partial charge on any atom is 0.307 e. The van der Waals surface area contributed by atoms with Crippen molar-refractivity contribution in [3.63, 3.8) is 0 Å². The average molecular weight is 264 g/mol. The molecular formula is C14H20N2O3. The average Bonchev–Trinajstić information content (AvgIpc) is 2.91. The first-order valence-corrected chi connectivity index (χ1v) is 7.25. The lowest BCUT2D eigenvalue weighted by molar-refractivity contribution is -0.142. The summed E-state index contributed by atoms with van der Waals surface area (Å²) in [5.74, 6) is 1.04. The molecule has 0 saturated heterocycles. The van der Waals surface area contributed by atoms with Gasteiger partial charge in [0.1, 0.15) is 0 Å². The molecule has 2 saturated carbocycles. The lowest BCUT2D eigenvalue weighted by Crippen LogP contribution is -2.17. The van der Waals surface area contributed by atoms with Crippen molar-refractivity contribution < 1.29 is 14.4 Å². The third-order valence-corrected chi connectivity index (χ3v) is 4.80. The molecule has 3 atom stereocenters. The van der Waals surface area contributed by atoms with E-state index < -0.39 is 5.97 Å². The van der Waals surface area contributed by atoms with Gasteiger partial charge in [-0.1, -0.05) is 24.9 Å². The highest BCUT2D eigenvalue weighted by Crippen LogP contribution is 2.44. The van der Waals surface area contributed by atoms with Gasteiger partial charge in [0.25, 0.3) is 0 Å². The highest BCUT2D eigenvalue weighted by Gasteiger charge is 2.42. The van der Waals surface area contributed by atoms with Gasteiger partial charge in [0.05, 0.1) is 11.8 Å². The summed E-state index contributed by atoms with van der Waals surface area (Å²) < 4.78 is 5.35. The molecule has 0 aliphatic heterocycles. The summed E-state index contributed by atoms with van der Waals surface area (Å²) in [6.45, 7) is 2.11. The topological polar surface area (TPSA) is 76.2 Å². The van der Waals surface area contributed by atoms with Gasteiger partial charge in [-0.25, -0.2) is 0 Å². The Bertz CT molecular complexity index is 467. The fraction of sp³-hybridized carbons (Fsp3) is 0.786. The lowest BCUT2D eigenvalue weighted by Gasteiger charge is -2.21.